The molecule has 4 rings (SSSR count). The first-order valence-electron chi connectivity index (χ1n) is 9.55. The molecule has 2 radical (unpaired) electrons. The number of aromatic nitrogens is 1. The fraction of sp³-hybridized carbons (Fsp3) is 0.476. The van der Waals surface area contributed by atoms with Gasteiger partial charge in [-0.15, -0.1) is 0 Å². The van der Waals surface area contributed by atoms with Gasteiger partial charge in [0.2, 0.25) is 5.91 Å². The molecule has 0 bridgehead atoms. The Morgan fingerprint density at radius 3 is 2.77 bits per heavy atom. The smallest absolute Gasteiger partial charge is 0.230 e. The quantitative estimate of drug-likeness (QED) is 0.861. The molecule has 4 nitrogen and oxygen atoms in total. The van der Waals surface area contributed by atoms with E-state index >= 15 is 0 Å². The lowest BCUT2D eigenvalue weighted by Crippen LogP contribution is -2.48. The van der Waals surface area contributed by atoms with E-state index in [1.54, 1.807) is 4.90 Å². The minimum Gasteiger partial charge on any atom is -0.368 e. The number of aromatic amines is 1. The second kappa shape index (κ2) is 6.31. The largest absolute Gasteiger partial charge is 0.368 e. The summed E-state index contributed by atoms with van der Waals surface area (Å²) in [6.07, 6.45) is 4.10. The maximum absolute atomic E-state index is 12.7. The van der Waals surface area contributed by atoms with Crippen LogP contribution >= 0.6 is 0 Å². The average Bonchev–Trinajstić information content (AvgIpc) is 2.97. The average molecular weight is 347 g/mol. The third-order valence-electron chi connectivity index (χ3n) is 6.04. The Balaban J connectivity index is 1.92. The zero-order valence-electron chi connectivity index (χ0n) is 16.1. The molecule has 1 N–H and O–H groups in total. The highest BCUT2D eigenvalue weighted by atomic mass is 16.2. The summed E-state index contributed by atoms with van der Waals surface area (Å²) in [6, 6.07) is 4.73. The van der Waals surface area contributed by atoms with E-state index in [9.17, 15) is 4.79 Å². The fourth-order valence-electron chi connectivity index (χ4n) is 4.68. The number of H-pyrrole nitrogens is 1. The number of fused-ring (bicyclic) bond motifs is 2. The van der Waals surface area contributed by atoms with Crippen molar-refractivity contribution in [3.8, 4) is 0 Å². The molecule has 134 valence electrons. The molecular formula is C21H26BN3O. The highest BCUT2D eigenvalue weighted by molar-refractivity contribution is 6.34. The number of nitrogens with one attached hydrogen (secondary N) is 1. The Morgan fingerprint density at radius 1 is 1.35 bits per heavy atom. The second-order valence-corrected chi connectivity index (χ2v) is 7.66. The number of hydrogen-bond donors (Lipinski definition) is 1. The van der Waals surface area contributed by atoms with Crippen molar-refractivity contribution in [2.75, 3.05) is 27.2 Å². The summed E-state index contributed by atoms with van der Waals surface area (Å²) < 4.78 is 0. The van der Waals surface area contributed by atoms with E-state index < -0.39 is 0 Å². The molecule has 5 heteroatoms. The SMILES string of the molecule is [B]c1[nH]c2c(CC)ccc3c2c1CC1C3=CC(C(=O)N(C)C)CN1CC. The Labute approximate surface area is 156 Å². The number of carbonyl (C=O) groups excluding carboxylic acids is 1. The molecule has 0 fully saturated rings. The third-order valence-corrected chi connectivity index (χ3v) is 6.04. The number of likely N-dealkylation sites (N-methyl/N-ethyl adjacent to an activating group) is 1. The minimum atomic E-state index is -0.0880. The van der Waals surface area contributed by atoms with Gasteiger partial charge in [-0.3, -0.25) is 9.69 Å². The van der Waals surface area contributed by atoms with E-state index in [-0.39, 0.29) is 11.8 Å². The van der Waals surface area contributed by atoms with E-state index in [2.05, 4.69) is 41.9 Å². The monoisotopic (exact) mass is 347 g/mol. The predicted molar refractivity (Wildman–Crippen MR) is 108 cm³/mol. The minimum absolute atomic E-state index is 0.0880. The van der Waals surface area contributed by atoms with Crippen LogP contribution in [-0.4, -0.2) is 61.8 Å². The van der Waals surface area contributed by atoms with Gasteiger partial charge in [0.1, 0.15) is 7.85 Å². The molecule has 2 unspecified atom stereocenters. The van der Waals surface area contributed by atoms with Gasteiger partial charge < -0.3 is 9.88 Å². The van der Waals surface area contributed by atoms with Crippen molar-refractivity contribution in [3.63, 3.8) is 0 Å². The van der Waals surface area contributed by atoms with E-state index in [1.807, 2.05) is 14.1 Å². The lowest BCUT2D eigenvalue weighted by molar-refractivity contribution is -0.132. The number of benzene rings is 1. The van der Waals surface area contributed by atoms with Gasteiger partial charge in [0.25, 0.3) is 0 Å². The van der Waals surface area contributed by atoms with Gasteiger partial charge in [-0.25, -0.2) is 0 Å². The van der Waals surface area contributed by atoms with Crippen molar-refractivity contribution >= 4 is 35.8 Å². The van der Waals surface area contributed by atoms with Crippen LogP contribution in [0.5, 0.6) is 0 Å². The van der Waals surface area contributed by atoms with Gasteiger partial charge in [0, 0.05) is 37.6 Å². The van der Waals surface area contributed by atoms with Gasteiger partial charge in [-0.1, -0.05) is 32.1 Å². The van der Waals surface area contributed by atoms with E-state index in [1.165, 1.54) is 33.2 Å². The lowest BCUT2D eigenvalue weighted by atomic mass is 9.77. The number of hydrogen-bond acceptors (Lipinski definition) is 2. The lowest BCUT2D eigenvalue weighted by Gasteiger charge is -2.41. The van der Waals surface area contributed by atoms with Gasteiger partial charge >= 0.3 is 0 Å². The molecule has 0 saturated heterocycles. The first kappa shape index (κ1) is 17.4. The van der Waals surface area contributed by atoms with Crippen LogP contribution in [0.25, 0.3) is 16.5 Å². The van der Waals surface area contributed by atoms with Crippen molar-refractivity contribution in [2.45, 2.75) is 32.7 Å². The van der Waals surface area contributed by atoms with Gasteiger partial charge in [-0.05, 0) is 47.2 Å². The van der Waals surface area contributed by atoms with Crippen molar-refractivity contribution in [1.29, 1.82) is 0 Å². The molecular weight excluding hydrogens is 321 g/mol. The predicted octanol–water partition coefficient (Wildman–Crippen LogP) is 1.87. The molecule has 2 aromatic rings. The topological polar surface area (TPSA) is 39.3 Å². The summed E-state index contributed by atoms with van der Waals surface area (Å²) in [5, 5.41) is 1.26. The van der Waals surface area contributed by atoms with Gasteiger partial charge in [0.05, 0.1) is 5.92 Å². The van der Waals surface area contributed by atoms with E-state index in [0.29, 0.717) is 6.04 Å². The van der Waals surface area contributed by atoms with Crippen LogP contribution in [0.15, 0.2) is 18.2 Å². The van der Waals surface area contributed by atoms with Gasteiger partial charge in [-0.2, -0.15) is 0 Å². The number of carbonyl (C=O) groups is 1. The van der Waals surface area contributed by atoms with Crippen LogP contribution in [0.1, 0.15) is 30.5 Å². The molecule has 0 spiro atoms. The van der Waals surface area contributed by atoms with E-state index in [0.717, 1.165) is 31.5 Å². The summed E-state index contributed by atoms with van der Waals surface area (Å²) in [5.74, 6) is 0.0881. The van der Waals surface area contributed by atoms with E-state index in [4.69, 9.17) is 7.85 Å². The van der Waals surface area contributed by atoms with Crippen molar-refractivity contribution in [1.82, 2.24) is 14.8 Å². The molecule has 1 aliphatic heterocycles. The molecule has 2 heterocycles. The highest BCUT2D eigenvalue weighted by Crippen LogP contribution is 2.41. The molecule has 1 aliphatic carbocycles. The van der Waals surface area contributed by atoms with Crippen LogP contribution in [0, 0.1) is 5.92 Å². The fourth-order valence-corrected chi connectivity index (χ4v) is 4.68. The van der Waals surface area contributed by atoms with Crippen LogP contribution in [-0.2, 0) is 17.6 Å². The van der Waals surface area contributed by atoms with Crippen LogP contribution in [0.3, 0.4) is 0 Å². The number of rotatable bonds is 3. The number of amides is 1. The Bertz CT molecular complexity index is 912. The zero-order valence-corrected chi connectivity index (χ0v) is 16.1. The Morgan fingerprint density at radius 2 is 2.12 bits per heavy atom. The van der Waals surface area contributed by atoms with Crippen LogP contribution in [0.2, 0.25) is 0 Å². The maximum Gasteiger partial charge on any atom is 0.230 e. The normalized spacial score (nSPS) is 22.2. The summed E-state index contributed by atoms with van der Waals surface area (Å²) in [4.78, 5) is 20.2. The standard InChI is InChI=1S/C21H26BN3O/c1-5-12-7-8-14-15-9-13(21(26)24(3)4)11-25(6-2)17(15)10-16-18(14)19(12)23-20(16)22/h7-9,13,17,23H,5-6,10-11H2,1-4H3. The number of aryl methyl sites for hydroxylation is 1. The van der Waals surface area contributed by atoms with Crippen LogP contribution in [0.4, 0.5) is 0 Å². The molecule has 1 aromatic heterocycles. The summed E-state index contributed by atoms with van der Waals surface area (Å²) in [5.41, 5.74) is 7.03. The molecule has 1 aromatic carbocycles. The summed E-state index contributed by atoms with van der Waals surface area (Å²) in [6.45, 7) is 6.04. The molecule has 2 aliphatic rings. The van der Waals surface area contributed by atoms with Gasteiger partial charge in [0.15, 0.2) is 0 Å². The van der Waals surface area contributed by atoms with Crippen molar-refractivity contribution < 1.29 is 4.79 Å². The molecule has 0 saturated carbocycles. The first-order chi connectivity index (χ1) is 12.5. The van der Waals surface area contributed by atoms with Crippen LogP contribution < -0.4 is 5.59 Å². The van der Waals surface area contributed by atoms with Crippen molar-refractivity contribution in [3.05, 3.63) is 34.9 Å². The molecule has 1 amide bonds. The second-order valence-electron chi connectivity index (χ2n) is 7.66. The Kier molecular flexibility index (Phi) is 4.22. The molecule has 26 heavy (non-hydrogen) atoms. The number of nitrogens with zero attached hydrogens (tertiary/aromatic N) is 2. The summed E-state index contributed by atoms with van der Waals surface area (Å²) in [7, 11) is 10.0. The highest BCUT2D eigenvalue weighted by Gasteiger charge is 2.37. The third kappa shape index (κ3) is 2.44. The Hall–Kier alpha value is -2.01. The summed E-state index contributed by atoms with van der Waals surface area (Å²) >= 11 is 0. The maximum atomic E-state index is 12.7. The first-order valence-corrected chi connectivity index (χ1v) is 9.55. The zero-order chi connectivity index (χ0) is 18.6. The molecule has 2 atom stereocenters. The van der Waals surface area contributed by atoms with Crippen molar-refractivity contribution in [2.24, 2.45) is 5.92 Å².